The highest BCUT2D eigenvalue weighted by Gasteiger charge is 2.24. The third-order valence-corrected chi connectivity index (χ3v) is 4.30. The van der Waals surface area contributed by atoms with E-state index in [0.29, 0.717) is 10.6 Å². The van der Waals surface area contributed by atoms with Crippen LogP contribution in [0.25, 0.3) is 0 Å². The van der Waals surface area contributed by atoms with Crippen molar-refractivity contribution < 1.29 is 18.3 Å². The van der Waals surface area contributed by atoms with E-state index in [9.17, 15) is 13.2 Å². The van der Waals surface area contributed by atoms with E-state index >= 15 is 0 Å². The highest BCUT2D eigenvalue weighted by atomic mass is 35.5. The summed E-state index contributed by atoms with van der Waals surface area (Å²) in [6.07, 6.45) is 0.168. The van der Waals surface area contributed by atoms with Crippen molar-refractivity contribution in [3.63, 3.8) is 0 Å². The van der Waals surface area contributed by atoms with Crippen molar-refractivity contribution in [1.82, 2.24) is 4.72 Å². The molecule has 18 heavy (non-hydrogen) atoms. The summed E-state index contributed by atoms with van der Waals surface area (Å²) in [4.78, 5) is 10.9. The fourth-order valence-electron chi connectivity index (χ4n) is 1.47. The van der Waals surface area contributed by atoms with Gasteiger partial charge in [0.25, 0.3) is 0 Å². The molecule has 0 unspecified atom stereocenters. The van der Waals surface area contributed by atoms with E-state index in [4.69, 9.17) is 16.7 Å². The smallest absolute Gasteiger partial charge is 0.321 e. The number of benzene rings is 1. The Labute approximate surface area is 111 Å². The molecule has 0 aliphatic rings. The van der Waals surface area contributed by atoms with Gasteiger partial charge in [0, 0.05) is 5.02 Å². The van der Waals surface area contributed by atoms with Crippen LogP contribution in [0.3, 0.4) is 0 Å². The average molecular weight is 292 g/mol. The summed E-state index contributed by atoms with van der Waals surface area (Å²) in [5.41, 5.74) is 0.468. The summed E-state index contributed by atoms with van der Waals surface area (Å²) in [5, 5.41) is 9.28. The zero-order chi connectivity index (χ0) is 13.9. The Morgan fingerprint density at radius 1 is 1.50 bits per heavy atom. The lowest BCUT2D eigenvalue weighted by Crippen LogP contribution is -2.40. The van der Waals surface area contributed by atoms with Gasteiger partial charge in [-0.05, 0) is 37.1 Å². The van der Waals surface area contributed by atoms with E-state index in [-0.39, 0.29) is 11.3 Å². The number of rotatable bonds is 5. The summed E-state index contributed by atoms with van der Waals surface area (Å²) in [6.45, 7) is 3.19. The number of halogens is 1. The van der Waals surface area contributed by atoms with Gasteiger partial charge in [0.15, 0.2) is 0 Å². The molecule has 0 fully saturated rings. The lowest BCUT2D eigenvalue weighted by atomic mass is 10.2. The quantitative estimate of drug-likeness (QED) is 0.866. The molecule has 1 aromatic carbocycles. The summed E-state index contributed by atoms with van der Waals surface area (Å²) >= 11 is 5.74. The first-order valence-electron chi connectivity index (χ1n) is 5.29. The molecule has 0 saturated carbocycles. The van der Waals surface area contributed by atoms with Crippen LogP contribution in [0, 0.1) is 6.92 Å². The van der Waals surface area contributed by atoms with E-state index in [1.807, 2.05) is 0 Å². The fourth-order valence-corrected chi connectivity index (χ4v) is 3.20. The number of hydrogen-bond acceptors (Lipinski definition) is 3. The van der Waals surface area contributed by atoms with Crippen LogP contribution in [0.15, 0.2) is 23.1 Å². The van der Waals surface area contributed by atoms with Crippen molar-refractivity contribution in [2.45, 2.75) is 31.2 Å². The minimum atomic E-state index is -3.85. The van der Waals surface area contributed by atoms with Crippen molar-refractivity contribution in [3.05, 3.63) is 28.8 Å². The Hall–Kier alpha value is -1.11. The number of nitrogens with one attached hydrogen (secondary N) is 1. The molecule has 0 radical (unpaired) electrons. The van der Waals surface area contributed by atoms with Gasteiger partial charge in [-0.3, -0.25) is 4.79 Å². The van der Waals surface area contributed by atoms with Crippen LogP contribution in [-0.2, 0) is 14.8 Å². The molecule has 7 heteroatoms. The molecule has 5 nitrogen and oxygen atoms in total. The number of aliphatic carboxylic acids is 1. The van der Waals surface area contributed by atoms with Gasteiger partial charge in [0.05, 0.1) is 4.90 Å². The standard InChI is InChI=1S/C11H14ClNO4S/c1-3-9(11(14)15)13-18(16,17)10-5-4-8(12)6-7(10)2/h4-6,9,13H,3H2,1-2H3,(H,14,15)/t9-/m0/s1. The van der Waals surface area contributed by atoms with Crippen molar-refractivity contribution in [3.8, 4) is 0 Å². The van der Waals surface area contributed by atoms with Crippen LogP contribution in [0.4, 0.5) is 0 Å². The van der Waals surface area contributed by atoms with Gasteiger partial charge in [-0.15, -0.1) is 0 Å². The van der Waals surface area contributed by atoms with Gasteiger partial charge in [-0.25, -0.2) is 8.42 Å². The van der Waals surface area contributed by atoms with Crippen molar-refractivity contribution >= 4 is 27.6 Å². The highest BCUT2D eigenvalue weighted by Crippen LogP contribution is 2.19. The summed E-state index contributed by atoms with van der Waals surface area (Å²) < 4.78 is 26.2. The maximum atomic E-state index is 12.0. The lowest BCUT2D eigenvalue weighted by Gasteiger charge is -2.14. The van der Waals surface area contributed by atoms with E-state index in [1.54, 1.807) is 13.8 Å². The average Bonchev–Trinajstić information content (AvgIpc) is 2.24. The fraction of sp³-hybridized carbons (Fsp3) is 0.364. The Kier molecular flexibility index (Phi) is 4.72. The SMILES string of the molecule is CC[C@H](NS(=O)(=O)c1ccc(Cl)cc1C)C(=O)O. The molecule has 0 aliphatic heterocycles. The lowest BCUT2D eigenvalue weighted by molar-refractivity contribution is -0.139. The summed E-state index contributed by atoms with van der Waals surface area (Å²) in [7, 11) is -3.85. The second kappa shape index (κ2) is 5.69. The zero-order valence-electron chi connectivity index (χ0n) is 9.97. The number of carboxylic acids is 1. The second-order valence-electron chi connectivity index (χ2n) is 3.83. The van der Waals surface area contributed by atoms with Crippen molar-refractivity contribution in [2.24, 2.45) is 0 Å². The van der Waals surface area contributed by atoms with Gasteiger partial charge >= 0.3 is 5.97 Å². The van der Waals surface area contributed by atoms with Gasteiger partial charge in [0.1, 0.15) is 6.04 Å². The Morgan fingerprint density at radius 2 is 2.11 bits per heavy atom. The second-order valence-corrected chi connectivity index (χ2v) is 5.95. The van der Waals surface area contributed by atoms with Gasteiger partial charge in [0.2, 0.25) is 10.0 Å². The molecular weight excluding hydrogens is 278 g/mol. The third-order valence-electron chi connectivity index (χ3n) is 2.43. The number of aryl methyl sites for hydroxylation is 1. The third kappa shape index (κ3) is 3.44. The first kappa shape index (κ1) is 14.9. The zero-order valence-corrected chi connectivity index (χ0v) is 11.5. The highest BCUT2D eigenvalue weighted by molar-refractivity contribution is 7.89. The molecule has 0 amide bonds. The molecule has 0 aromatic heterocycles. The Balaban J connectivity index is 3.10. The normalized spacial score (nSPS) is 13.3. The topological polar surface area (TPSA) is 83.5 Å². The maximum absolute atomic E-state index is 12.0. The molecule has 0 heterocycles. The summed E-state index contributed by atoms with van der Waals surface area (Å²) in [5.74, 6) is -1.20. The van der Waals surface area contributed by atoms with Crippen LogP contribution in [0.2, 0.25) is 5.02 Å². The Morgan fingerprint density at radius 3 is 2.56 bits per heavy atom. The van der Waals surface area contributed by atoms with E-state index < -0.39 is 22.0 Å². The number of carboxylic acid groups (broad SMARTS) is 1. The molecule has 1 atom stereocenters. The van der Waals surface area contributed by atoms with Gasteiger partial charge in [-0.2, -0.15) is 4.72 Å². The molecule has 1 aromatic rings. The van der Waals surface area contributed by atoms with Crippen LogP contribution < -0.4 is 4.72 Å². The molecule has 0 saturated heterocycles. The number of hydrogen-bond donors (Lipinski definition) is 2. The summed E-state index contributed by atoms with van der Waals surface area (Å²) in [6, 6.07) is 3.18. The van der Waals surface area contributed by atoms with Crippen LogP contribution in [0.1, 0.15) is 18.9 Å². The first-order chi connectivity index (χ1) is 8.27. The monoisotopic (exact) mass is 291 g/mol. The maximum Gasteiger partial charge on any atom is 0.321 e. The largest absolute Gasteiger partial charge is 0.480 e. The predicted molar refractivity (Wildman–Crippen MR) is 68.2 cm³/mol. The van der Waals surface area contributed by atoms with E-state index in [0.717, 1.165) is 0 Å². The minimum Gasteiger partial charge on any atom is -0.480 e. The molecule has 1 rings (SSSR count). The van der Waals surface area contributed by atoms with Gasteiger partial charge in [-0.1, -0.05) is 18.5 Å². The molecule has 100 valence electrons. The van der Waals surface area contributed by atoms with Crippen LogP contribution in [0.5, 0.6) is 0 Å². The van der Waals surface area contributed by atoms with Crippen LogP contribution in [-0.4, -0.2) is 25.5 Å². The first-order valence-corrected chi connectivity index (χ1v) is 7.15. The number of carbonyl (C=O) groups is 1. The Bertz CT molecular complexity index is 556. The molecule has 0 spiro atoms. The molecule has 0 aliphatic carbocycles. The minimum absolute atomic E-state index is 0.0339. The van der Waals surface area contributed by atoms with Crippen molar-refractivity contribution in [1.29, 1.82) is 0 Å². The van der Waals surface area contributed by atoms with Gasteiger partial charge < -0.3 is 5.11 Å². The predicted octanol–water partition coefficient (Wildman–Crippen LogP) is 1.79. The van der Waals surface area contributed by atoms with Crippen molar-refractivity contribution in [2.75, 3.05) is 0 Å². The number of sulfonamides is 1. The van der Waals surface area contributed by atoms with E-state index in [1.165, 1.54) is 18.2 Å². The molecular formula is C11H14ClNO4S. The molecule has 2 N–H and O–H groups in total. The van der Waals surface area contributed by atoms with E-state index in [2.05, 4.69) is 4.72 Å². The van der Waals surface area contributed by atoms with Crippen LogP contribution >= 0.6 is 11.6 Å². The molecule has 0 bridgehead atoms.